The van der Waals surface area contributed by atoms with Gasteiger partial charge >= 0.3 is 0 Å². The van der Waals surface area contributed by atoms with E-state index in [-0.39, 0.29) is 5.56 Å². The summed E-state index contributed by atoms with van der Waals surface area (Å²) < 4.78 is 1.69. The van der Waals surface area contributed by atoms with Gasteiger partial charge in [0.25, 0.3) is 17.4 Å². The molecule has 0 saturated heterocycles. The summed E-state index contributed by atoms with van der Waals surface area (Å²) in [6.07, 6.45) is 0. The first kappa shape index (κ1) is 23.5. The van der Waals surface area contributed by atoms with E-state index in [4.69, 9.17) is 4.98 Å². The predicted octanol–water partition coefficient (Wildman–Crippen LogP) is 7.85. The molecule has 0 saturated carbocycles. The van der Waals surface area contributed by atoms with Crippen molar-refractivity contribution in [3.8, 4) is 21.1 Å². The summed E-state index contributed by atoms with van der Waals surface area (Å²) in [5, 5.41) is 8.22. The van der Waals surface area contributed by atoms with Crippen LogP contribution in [0.5, 0.6) is 0 Å². The molecule has 4 aromatic carbocycles. The van der Waals surface area contributed by atoms with Crippen molar-refractivity contribution in [3.63, 3.8) is 0 Å². The van der Waals surface area contributed by atoms with Gasteiger partial charge in [-0.25, -0.2) is 9.88 Å². The van der Waals surface area contributed by atoms with E-state index in [0.29, 0.717) is 38.6 Å². The number of fused-ring (bicyclic) bond motifs is 3. The molecule has 9 rings (SSSR count). The van der Waals surface area contributed by atoms with Crippen LogP contribution in [0.2, 0.25) is 0 Å². The molecule has 5 heterocycles. The smallest absolute Gasteiger partial charge is 0.265 e. The second kappa shape index (κ2) is 8.42. The van der Waals surface area contributed by atoms with Crippen LogP contribution in [0.1, 0.15) is 20.7 Å². The minimum Gasteiger partial charge on any atom is -0.268 e. The summed E-state index contributed by atoms with van der Waals surface area (Å²) in [6.45, 7) is 0. The third-order valence-corrected chi connectivity index (χ3v) is 9.83. The third-order valence-electron chi connectivity index (χ3n) is 8.08. The molecule has 0 aliphatic carbocycles. The number of carbonyl (C=O) groups is 2. The fraction of sp³-hybridized carbons (Fsp3) is 0. The Morgan fingerprint density at radius 3 is 2.02 bits per heavy atom. The maximum Gasteiger partial charge on any atom is 0.265 e. The zero-order valence-electron chi connectivity index (χ0n) is 21.7. The lowest BCUT2D eigenvalue weighted by molar-refractivity contribution is 0.0893. The Morgan fingerprint density at radius 2 is 1.31 bits per heavy atom. The molecule has 2 amide bonds. The maximum absolute atomic E-state index is 14.2. The average molecular weight is 580 g/mol. The van der Waals surface area contributed by atoms with Crippen molar-refractivity contribution < 1.29 is 9.59 Å². The van der Waals surface area contributed by atoms with Crippen LogP contribution >= 0.6 is 22.7 Å². The van der Waals surface area contributed by atoms with Crippen molar-refractivity contribution in [2.75, 3.05) is 4.90 Å². The molecule has 1 aliphatic heterocycles. The van der Waals surface area contributed by atoms with Gasteiger partial charge in [0.2, 0.25) is 0 Å². The molecule has 8 aromatic rings. The predicted molar refractivity (Wildman–Crippen MR) is 169 cm³/mol. The number of pyridine rings is 1. The zero-order valence-corrected chi connectivity index (χ0v) is 23.3. The molecule has 6 nitrogen and oxygen atoms in total. The first-order valence-electron chi connectivity index (χ1n) is 13.3. The Morgan fingerprint density at radius 1 is 0.619 bits per heavy atom. The molecule has 0 unspecified atom stereocenters. The van der Waals surface area contributed by atoms with E-state index >= 15 is 0 Å². The van der Waals surface area contributed by atoms with Gasteiger partial charge in [0.05, 0.1) is 21.1 Å². The van der Waals surface area contributed by atoms with Crippen molar-refractivity contribution in [1.29, 1.82) is 0 Å². The molecular formula is C34H17N3O3S2. The third kappa shape index (κ3) is 3.02. The minimum atomic E-state index is -0.411. The number of hydrogen-bond acceptors (Lipinski definition) is 6. The monoisotopic (exact) mass is 579 g/mol. The van der Waals surface area contributed by atoms with E-state index in [2.05, 4.69) is 0 Å². The quantitative estimate of drug-likeness (QED) is 0.200. The summed E-state index contributed by atoms with van der Waals surface area (Å²) in [5.41, 5.74) is 3.07. The molecule has 1 aliphatic rings. The number of nitrogens with zero attached hydrogens (tertiary/aromatic N) is 3. The number of imide groups is 1. The first-order valence-corrected chi connectivity index (χ1v) is 15.1. The highest BCUT2D eigenvalue weighted by atomic mass is 32.1. The van der Waals surface area contributed by atoms with E-state index in [0.717, 1.165) is 37.3 Å². The summed E-state index contributed by atoms with van der Waals surface area (Å²) >= 11 is 3.12. The SMILES string of the molecule is O=C1c2ccc3c(=O)n4c(-c5cccs5)c(-c5cccs5)nc4c4ccc(c2c34)C(=O)N1c1ccc2ccccc2c1. The van der Waals surface area contributed by atoms with Crippen molar-refractivity contribution in [2.45, 2.75) is 0 Å². The lowest BCUT2D eigenvalue weighted by Crippen LogP contribution is -2.40. The number of aromatic nitrogens is 2. The Bertz CT molecular complexity index is 2460. The standard InChI is InChI=1S/C34H17N3O3S2/c38-32-23-12-11-21-27-22(34(40)37-30(26-8-4-16-42-26)29(35-31(21)37)25-7-3-15-41-25)13-14-24(28(23)27)33(39)36(32)20-10-9-18-5-1-2-6-19(18)17-20/h1-17H. The van der Waals surface area contributed by atoms with Crippen molar-refractivity contribution in [3.05, 3.63) is 123 Å². The summed E-state index contributed by atoms with van der Waals surface area (Å²) in [6, 6.07) is 28.3. The van der Waals surface area contributed by atoms with Crippen LogP contribution in [0.15, 0.2) is 107 Å². The van der Waals surface area contributed by atoms with Crippen LogP contribution in [-0.2, 0) is 0 Å². The Balaban J connectivity index is 1.34. The number of anilines is 1. The second-order valence-electron chi connectivity index (χ2n) is 10.3. The van der Waals surface area contributed by atoms with E-state index in [9.17, 15) is 14.4 Å². The molecule has 42 heavy (non-hydrogen) atoms. The van der Waals surface area contributed by atoms with Crippen LogP contribution in [0.3, 0.4) is 0 Å². The number of amides is 2. The molecule has 0 radical (unpaired) electrons. The number of imidazole rings is 1. The molecule has 0 bridgehead atoms. The summed E-state index contributed by atoms with van der Waals surface area (Å²) in [7, 11) is 0. The number of rotatable bonds is 3. The van der Waals surface area contributed by atoms with E-state index < -0.39 is 11.8 Å². The van der Waals surface area contributed by atoms with Gasteiger partial charge in [-0.15, -0.1) is 22.7 Å². The minimum absolute atomic E-state index is 0.225. The summed E-state index contributed by atoms with van der Waals surface area (Å²) in [4.78, 5) is 50.4. The summed E-state index contributed by atoms with van der Waals surface area (Å²) in [5.74, 6) is -0.821. The first-order chi connectivity index (χ1) is 20.6. The Labute approximate surface area is 245 Å². The molecule has 4 aromatic heterocycles. The lowest BCUT2D eigenvalue weighted by atomic mass is 9.90. The van der Waals surface area contributed by atoms with Crippen LogP contribution in [0.25, 0.3) is 59.1 Å². The van der Waals surface area contributed by atoms with Crippen molar-refractivity contribution in [2.24, 2.45) is 0 Å². The normalized spacial score (nSPS) is 13.4. The molecule has 8 heteroatoms. The van der Waals surface area contributed by atoms with E-state index in [1.165, 1.54) is 4.90 Å². The van der Waals surface area contributed by atoms with Gasteiger partial charge in [0.1, 0.15) is 11.3 Å². The Hall–Kier alpha value is -5.18. The topological polar surface area (TPSA) is 71.7 Å². The average Bonchev–Trinajstić information content (AvgIpc) is 3.80. The zero-order chi connectivity index (χ0) is 28.1. The molecule has 0 N–H and O–H groups in total. The molecule has 198 valence electrons. The number of hydrogen-bond donors (Lipinski definition) is 0. The van der Waals surface area contributed by atoms with Crippen molar-refractivity contribution in [1.82, 2.24) is 9.38 Å². The van der Waals surface area contributed by atoms with Gasteiger partial charge in [-0.3, -0.25) is 18.8 Å². The van der Waals surface area contributed by atoms with E-state index in [1.54, 1.807) is 51.3 Å². The molecule has 0 spiro atoms. The molecular weight excluding hydrogens is 563 g/mol. The highest BCUT2D eigenvalue weighted by Crippen LogP contribution is 2.42. The fourth-order valence-corrected chi connectivity index (χ4v) is 7.72. The van der Waals surface area contributed by atoms with Crippen molar-refractivity contribution >= 4 is 78.1 Å². The van der Waals surface area contributed by atoms with Gasteiger partial charge < -0.3 is 0 Å². The van der Waals surface area contributed by atoms with Crippen LogP contribution in [0.4, 0.5) is 5.69 Å². The van der Waals surface area contributed by atoms with Gasteiger partial charge in [-0.1, -0.05) is 42.5 Å². The van der Waals surface area contributed by atoms with Gasteiger partial charge in [0, 0.05) is 32.7 Å². The fourth-order valence-electron chi connectivity index (χ4n) is 6.24. The molecule has 0 fully saturated rings. The van der Waals surface area contributed by atoms with Gasteiger partial charge in [-0.2, -0.15) is 0 Å². The van der Waals surface area contributed by atoms with Crippen LogP contribution in [-0.4, -0.2) is 21.2 Å². The highest BCUT2D eigenvalue weighted by Gasteiger charge is 2.36. The lowest BCUT2D eigenvalue weighted by Gasteiger charge is -2.28. The largest absolute Gasteiger partial charge is 0.268 e. The number of benzene rings is 4. The van der Waals surface area contributed by atoms with Crippen LogP contribution < -0.4 is 10.5 Å². The highest BCUT2D eigenvalue weighted by molar-refractivity contribution is 7.14. The maximum atomic E-state index is 14.2. The van der Waals surface area contributed by atoms with Crippen LogP contribution in [0, 0.1) is 0 Å². The number of thiophene rings is 2. The Kier molecular flexibility index (Phi) is 4.71. The van der Waals surface area contributed by atoms with Gasteiger partial charge in [-0.05, 0) is 70.1 Å². The van der Waals surface area contributed by atoms with E-state index in [1.807, 2.05) is 77.5 Å². The number of carbonyl (C=O) groups excluding carboxylic acids is 2. The van der Waals surface area contributed by atoms with Gasteiger partial charge in [0.15, 0.2) is 0 Å². The molecule has 0 atom stereocenters. The second-order valence-corrected chi connectivity index (χ2v) is 12.2.